The van der Waals surface area contributed by atoms with Gasteiger partial charge in [0.05, 0.1) is 22.4 Å². The van der Waals surface area contributed by atoms with E-state index in [4.69, 9.17) is 4.74 Å². The van der Waals surface area contributed by atoms with Crippen molar-refractivity contribution in [1.29, 1.82) is 0 Å². The van der Waals surface area contributed by atoms with Gasteiger partial charge in [-0.2, -0.15) is 0 Å². The number of hydrogen-bond donors (Lipinski definition) is 0. The molecule has 0 aliphatic carbocycles. The SMILES string of the molecule is CC1=CN(S(=O)(=O)c2ccc([N+](=O)[O-])cc2)[C@@H](Cc2ccccc2)CN1C(=O)OCc1ccccc1. The molecular weight excluding hydrogens is 482 g/mol. The van der Waals surface area contributed by atoms with Crippen molar-refractivity contribution in [2.75, 3.05) is 6.54 Å². The minimum atomic E-state index is -4.06. The van der Waals surface area contributed by atoms with Crippen LogP contribution in [0.3, 0.4) is 0 Å². The Kier molecular flexibility index (Phi) is 7.35. The minimum absolute atomic E-state index is 0.0738. The van der Waals surface area contributed by atoms with E-state index in [1.54, 1.807) is 6.92 Å². The second-order valence-electron chi connectivity index (χ2n) is 8.35. The molecule has 0 fully saturated rings. The maximum atomic E-state index is 13.6. The molecule has 0 saturated carbocycles. The highest BCUT2D eigenvalue weighted by Gasteiger charge is 2.37. The smallest absolute Gasteiger partial charge is 0.414 e. The van der Waals surface area contributed by atoms with Crippen LogP contribution in [0.5, 0.6) is 0 Å². The van der Waals surface area contributed by atoms with Crippen LogP contribution in [0.4, 0.5) is 10.5 Å². The van der Waals surface area contributed by atoms with E-state index in [2.05, 4.69) is 0 Å². The third kappa shape index (κ3) is 5.55. The van der Waals surface area contributed by atoms with E-state index in [1.807, 2.05) is 60.7 Å². The molecule has 3 aromatic carbocycles. The van der Waals surface area contributed by atoms with Gasteiger partial charge in [-0.15, -0.1) is 0 Å². The lowest BCUT2D eigenvalue weighted by Gasteiger charge is -2.39. The summed E-state index contributed by atoms with van der Waals surface area (Å²) in [7, 11) is -4.06. The predicted octanol–water partition coefficient (Wildman–Crippen LogP) is 4.71. The zero-order valence-electron chi connectivity index (χ0n) is 19.6. The summed E-state index contributed by atoms with van der Waals surface area (Å²) in [6.07, 6.45) is 1.19. The molecule has 1 aliphatic heterocycles. The second-order valence-corrected chi connectivity index (χ2v) is 10.2. The molecule has 1 amide bonds. The Morgan fingerprint density at radius 1 is 0.972 bits per heavy atom. The lowest BCUT2D eigenvalue weighted by atomic mass is 10.0. The largest absolute Gasteiger partial charge is 0.444 e. The van der Waals surface area contributed by atoms with Gasteiger partial charge in [0, 0.05) is 24.0 Å². The number of benzene rings is 3. The van der Waals surface area contributed by atoms with Gasteiger partial charge in [0.15, 0.2) is 0 Å². The first-order valence-corrected chi connectivity index (χ1v) is 12.7. The number of hydrogen-bond acceptors (Lipinski definition) is 6. The van der Waals surface area contributed by atoms with E-state index in [-0.39, 0.29) is 23.7 Å². The minimum Gasteiger partial charge on any atom is -0.444 e. The summed E-state index contributed by atoms with van der Waals surface area (Å²) in [5.74, 6) is 0. The highest BCUT2D eigenvalue weighted by atomic mass is 32.2. The molecule has 9 nitrogen and oxygen atoms in total. The quantitative estimate of drug-likeness (QED) is 0.338. The fraction of sp³-hybridized carbons (Fsp3) is 0.192. The first kappa shape index (κ1) is 24.9. The molecule has 36 heavy (non-hydrogen) atoms. The Balaban J connectivity index is 1.63. The Morgan fingerprint density at radius 3 is 2.14 bits per heavy atom. The molecular formula is C26H25N3O6S. The molecule has 1 atom stereocenters. The van der Waals surface area contributed by atoms with Crippen LogP contribution in [0, 0.1) is 10.1 Å². The maximum absolute atomic E-state index is 13.6. The number of allylic oxidation sites excluding steroid dienone is 1. The molecule has 4 rings (SSSR count). The number of nitro benzene ring substituents is 1. The van der Waals surface area contributed by atoms with E-state index in [0.29, 0.717) is 12.1 Å². The molecule has 10 heteroatoms. The summed E-state index contributed by atoms with van der Waals surface area (Å²) in [6, 6.07) is 22.8. The number of carbonyl (C=O) groups excluding carboxylic acids is 1. The number of amides is 1. The molecule has 0 bridgehead atoms. The van der Waals surface area contributed by atoms with Crippen LogP contribution in [-0.2, 0) is 27.8 Å². The van der Waals surface area contributed by atoms with E-state index in [1.165, 1.54) is 27.5 Å². The summed E-state index contributed by atoms with van der Waals surface area (Å²) in [5.41, 5.74) is 1.94. The molecule has 3 aromatic rings. The van der Waals surface area contributed by atoms with Crippen molar-refractivity contribution in [3.8, 4) is 0 Å². The van der Waals surface area contributed by atoms with Crippen LogP contribution < -0.4 is 0 Å². The molecule has 0 saturated heterocycles. The molecule has 0 spiro atoms. The number of non-ortho nitro benzene ring substituents is 1. The first-order chi connectivity index (χ1) is 17.3. The van der Waals surface area contributed by atoms with Gasteiger partial charge in [-0.25, -0.2) is 13.2 Å². The van der Waals surface area contributed by atoms with Gasteiger partial charge in [-0.1, -0.05) is 60.7 Å². The van der Waals surface area contributed by atoms with Gasteiger partial charge in [0.25, 0.3) is 15.7 Å². The summed E-state index contributed by atoms with van der Waals surface area (Å²) in [6.45, 7) is 1.82. The van der Waals surface area contributed by atoms with Gasteiger partial charge in [-0.3, -0.25) is 19.3 Å². The lowest BCUT2D eigenvalue weighted by Crippen LogP contribution is -2.50. The highest BCUT2D eigenvalue weighted by Crippen LogP contribution is 2.28. The monoisotopic (exact) mass is 507 g/mol. The Morgan fingerprint density at radius 2 is 1.56 bits per heavy atom. The van der Waals surface area contributed by atoms with Gasteiger partial charge in [0.1, 0.15) is 6.61 Å². The third-order valence-corrected chi connectivity index (χ3v) is 7.68. The summed E-state index contributed by atoms with van der Waals surface area (Å²) in [5, 5.41) is 11.0. The molecule has 0 N–H and O–H groups in total. The maximum Gasteiger partial charge on any atom is 0.414 e. The van der Waals surface area contributed by atoms with Crippen LogP contribution >= 0.6 is 0 Å². The normalized spacial score (nSPS) is 15.8. The van der Waals surface area contributed by atoms with Crippen LogP contribution in [0.15, 0.2) is 102 Å². The van der Waals surface area contributed by atoms with Crippen molar-refractivity contribution in [2.45, 2.75) is 30.9 Å². The third-order valence-electron chi connectivity index (χ3n) is 5.86. The Hall–Kier alpha value is -4.18. The van der Waals surface area contributed by atoms with Crippen molar-refractivity contribution < 1.29 is 22.9 Å². The average Bonchev–Trinajstić information content (AvgIpc) is 2.89. The number of nitrogens with zero attached hydrogens (tertiary/aromatic N) is 3. The first-order valence-electron chi connectivity index (χ1n) is 11.2. The molecule has 0 aromatic heterocycles. The second kappa shape index (κ2) is 10.6. The molecule has 0 unspecified atom stereocenters. The number of rotatable bonds is 7. The molecule has 186 valence electrons. The zero-order valence-corrected chi connectivity index (χ0v) is 20.4. The van der Waals surface area contributed by atoms with E-state index in [0.717, 1.165) is 23.3 Å². The molecule has 1 heterocycles. The van der Waals surface area contributed by atoms with Crippen LogP contribution in [0.1, 0.15) is 18.1 Å². The van der Waals surface area contributed by atoms with Crippen molar-refractivity contribution in [1.82, 2.24) is 9.21 Å². The summed E-state index contributed by atoms with van der Waals surface area (Å²) >= 11 is 0. The topological polar surface area (TPSA) is 110 Å². The van der Waals surface area contributed by atoms with Crippen molar-refractivity contribution in [3.05, 3.63) is 118 Å². The predicted molar refractivity (Wildman–Crippen MR) is 133 cm³/mol. The van der Waals surface area contributed by atoms with E-state index in [9.17, 15) is 23.3 Å². The van der Waals surface area contributed by atoms with Crippen LogP contribution in [0.2, 0.25) is 0 Å². The number of ether oxygens (including phenoxy) is 1. The highest BCUT2D eigenvalue weighted by molar-refractivity contribution is 7.89. The standard InChI is InChI=1S/C26H25N3O6S/c1-20-17-28(36(33,34)25-14-12-23(13-15-25)29(31)32)24(16-21-8-4-2-5-9-21)18-27(20)26(30)35-19-22-10-6-3-7-11-22/h2-15,17,24H,16,18-19H2,1H3/t24-/m0/s1. The number of sulfonamides is 1. The van der Waals surface area contributed by atoms with Gasteiger partial charge < -0.3 is 4.74 Å². The molecule has 0 radical (unpaired) electrons. The van der Waals surface area contributed by atoms with E-state index >= 15 is 0 Å². The fourth-order valence-corrected chi connectivity index (χ4v) is 5.53. The van der Waals surface area contributed by atoms with Crippen molar-refractivity contribution >= 4 is 21.8 Å². The van der Waals surface area contributed by atoms with Crippen molar-refractivity contribution in [2.24, 2.45) is 0 Å². The number of nitro groups is 1. The van der Waals surface area contributed by atoms with Gasteiger partial charge in [0.2, 0.25) is 0 Å². The van der Waals surface area contributed by atoms with Crippen LogP contribution in [-0.4, -0.2) is 41.2 Å². The Labute approximate surface area is 209 Å². The van der Waals surface area contributed by atoms with Gasteiger partial charge >= 0.3 is 6.09 Å². The van der Waals surface area contributed by atoms with Crippen LogP contribution in [0.25, 0.3) is 0 Å². The lowest BCUT2D eigenvalue weighted by molar-refractivity contribution is -0.384. The fourth-order valence-electron chi connectivity index (χ4n) is 3.98. The molecule has 1 aliphatic rings. The van der Waals surface area contributed by atoms with Crippen molar-refractivity contribution in [3.63, 3.8) is 0 Å². The average molecular weight is 508 g/mol. The summed E-state index contributed by atoms with van der Waals surface area (Å²) < 4.78 is 33.9. The zero-order chi connectivity index (χ0) is 25.7. The summed E-state index contributed by atoms with van der Waals surface area (Å²) in [4.78, 5) is 24.7. The Bertz CT molecular complexity index is 1360. The number of carbonyl (C=O) groups is 1. The van der Waals surface area contributed by atoms with E-state index < -0.39 is 27.1 Å². The van der Waals surface area contributed by atoms with Gasteiger partial charge in [-0.05, 0) is 36.6 Å².